The first-order valence-corrected chi connectivity index (χ1v) is 8.16. The van der Waals surface area contributed by atoms with Gasteiger partial charge in [0.1, 0.15) is 0 Å². The molecular weight excluding hydrogens is 363 g/mol. The third kappa shape index (κ3) is 1.78. The molecule has 25 heavy (non-hydrogen) atoms. The van der Waals surface area contributed by atoms with Gasteiger partial charge in [-0.25, -0.2) is 0 Å². The van der Waals surface area contributed by atoms with Crippen molar-refractivity contribution in [1.82, 2.24) is 0 Å². The monoisotopic (exact) mass is 374 g/mol. The van der Waals surface area contributed by atoms with E-state index in [1.807, 2.05) is 18.2 Å². The van der Waals surface area contributed by atoms with E-state index in [0.717, 1.165) is 0 Å². The normalized spacial score (nSPS) is 35.2. The number of hydrogen-bond donors (Lipinski definition) is 1. The predicted octanol–water partition coefficient (Wildman–Crippen LogP) is 3.75. The molecule has 0 aliphatic carbocycles. The fourth-order valence-electron chi connectivity index (χ4n) is 3.86. The number of rotatable bonds is 1. The highest BCUT2D eigenvalue weighted by molar-refractivity contribution is 6.35. The van der Waals surface area contributed by atoms with Crippen LogP contribution in [0.25, 0.3) is 0 Å². The Morgan fingerprint density at radius 1 is 1.12 bits per heavy atom. The van der Waals surface area contributed by atoms with Crippen molar-refractivity contribution in [3.8, 4) is 18.2 Å². The summed E-state index contributed by atoms with van der Waals surface area (Å²) in [6.07, 6.45) is -0.993. The van der Waals surface area contributed by atoms with E-state index in [2.05, 4.69) is 0 Å². The minimum atomic E-state index is -1.88. The quantitative estimate of drug-likeness (QED) is 0.803. The zero-order valence-corrected chi connectivity index (χ0v) is 14.8. The Hall–Kier alpha value is -2.30. The second-order valence-corrected chi connectivity index (χ2v) is 7.00. The molecule has 2 aliphatic rings. The van der Waals surface area contributed by atoms with E-state index in [-0.39, 0.29) is 5.02 Å². The molecule has 0 radical (unpaired) electrons. The van der Waals surface area contributed by atoms with Crippen molar-refractivity contribution in [3.05, 3.63) is 33.8 Å². The summed E-state index contributed by atoms with van der Waals surface area (Å²) in [6.45, 7) is 3.13. The average Bonchev–Trinajstić information content (AvgIpc) is 2.73. The van der Waals surface area contributed by atoms with Crippen LogP contribution in [0, 0.1) is 56.2 Å². The largest absolute Gasteiger partial charge is 0.443 e. The first-order chi connectivity index (χ1) is 11.8. The molecule has 0 aromatic heterocycles. The summed E-state index contributed by atoms with van der Waals surface area (Å²) in [7, 11) is 0. The number of fused-ring (bicyclic) bond motifs is 2. The van der Waals surface area contributed by atoms with Crippen molar-refractivity contribution in [2.24, 2.45) is 16.7 Å². The van der Waals surface area contributed by atoms with Crippen LogP contribution in [0.3, 0.4) is 0 Å². The Balaban J connectivity index is 2.33. The summed E-state index contributed by atoms with van der Waals surface area (Å²) in [5.74, 6) is -2.85. The standard InChI is InChI=1S/C17H12Cl2N4O2/c1-9-16(8-22)14(23)25-17(9,12-4-3-11(18)5-13(12)19)24-10(2)15(16,6-20)7-21/h3-5,9-10,23H,1-2H3. The minimum absolute atomic E-state index is 0.245. The van der Waals surface area contributed by atoms with Gasteiger partial charge in [0.25, 0.3) is 0 Å². The third-order valence-corrected chi connectivity index (χ3v) is 5.80. The molecule has 2 heterocycles. The van der Waals surface area contributed by atoms with Gasteiger partial charge in [-0.15, -0.1) is 0 Å². The highest BCUT2D eigenvalue weighted by Crippen LogP contribution is 2.65. The average molecular weight is 375 g/mol. The van der Waals surface area contributed by atoms with Crippen LogP contribution < -0.4 is 0 Å². The number of benzene rings is 1. The van der Waals surface area contributed by atoms with E-state index >= 15 is 0 Å². The van der Waals surface area contributed by atoms with Crippen LogP contribution in [0.1, 0.15) is 19.4 Å². The molecule has 0 amide bonds. The van der Waals surface area contributed by atoms with Gasteiger partial charge in [0.2, 0.25) is 11.7 Å². The smallest absolute Gasteiger partial charge is 0.245 e. The summed E-state index contributed by atoms with van der Waals surface area (Å²) in [4.78, 5) is 0. The predicted molar refractivity (Wildman–Crippen MR) is 88.4 cm³/mol. The third-order valence-electron chi connectivity index (χ3n) is 5.25. The van der Waals surface area contributed by atoms with Crippen molar-refractivity contribution in [3.63, 3.8) is 0 Å². The molecule has 0 spiro atoms. The Morgan fingerprint density at radius 2 is 1.76 bits per heavy atom. The fourth-order valence-corrected chi connectivity index (χ4v) is 4.40. The molecule has 6 nitrogen and oxygen atoms in total. The Bertz CT molecular complexity index is 899. The van der Waals surface area contributed by atoms with E-state index in [1.165, 1.54) is 13.0 Å². The van der Waals surface area contributed by atoms with Crippen molar-refractivity contribution in [2.45, 2.75) is 25.7 Å². The van der Waals surface area contributed by atoms with Crippen molar-refractivity contribution in [1.29, 1.82) is 21.2 Å². The number of hydrogen-bond acceptors (Lipinski definition) is 6. The zero-order chi connectivity index (χ0) is 18.6. The van der Waals surface area contributed by atoms with Gasteiger partial charge in [0.05, 0.1) is 35.3 Å². The number of nitrogens with one attached hydrogen (secondary N) is 1. The van der Waals surface area contributed by atoms with Crippen LogP contribution in [0.2, 0.25) is 10.0 Å². The Morgan fingerprint density at radius 3 is 2.28 bits per heavy atom. The van der Waals surface area contributed by atoms with Gasteiger partial charge in [-0.1, -0.05) is 30.1 Å². The van der Waals surface area contributed by atoms with Crippen LogP contribution >= 0.6 is 23.2 Å². The summed E-state index contributed by atoms with van der Waals surface area (Å²) < 4.78 is 11.7. The summed E-state index contributed by atoms with van der Waals surface area (Å²) in [5.41, 5.74) is -3.27. The number of ether oxygens (including phenoxy) is 2. The van der Waals surface area contributed by atoms with Crippen LogP contribution in [0.5, 0.6) is 0 Å². The first-order valence-electron chi connectivity index (χ1n) is 7.41. The maximum atomic E-state index is 9.92. The van der Waals surface area contributed by atoms with Gasteiger partial charge in [-0.05, 0) is 25.1 Å². The van der Waals surface area contributed by atoms with Crippen LogP contribution in [0.4, 0.5) is 0 Å². The SMILES string of the molecule is CC1OC2(c3ccc(Cl)cc3Cl)OC(=N)C(C#N)(C2C)C1(C#N)C#N. The van der Waals surface area contributed by atoms with Gasteiger partial charge in [-0.2, -0.15) is 15.8 Å². The molecule has 3 rings (SSSR count). The molecule has 0 saturated carbocycles. The summed E-state index contributed by atoms with van der Waals surface area (Å²) in [6, 6.07) is 10.5. The molecule has 126 valence electrons. The number of nitrogens with zero attached hydrogens (tertiary/aromatic N) is 3. The van der Waals surface area contributed by atoms with Crippen LogP contribution in [-0.2, 0) is 15.3 Å². The molecule has 4 atom stereocenters. The molecule has 2 aliphatic heterocycles. The Labute approximate surface area is 154 Å². The van der Waals surface area contributed by atoms with Crippen LogP contribution in [0.15, 0.2) is 18.2 Å². The second-order valence-electron chi connectivity index (χ2n) is 6.16. The molecule has 1 aromatic rings. The number of nitriles is 3. The summed E-state index contributed by atoms with van der Waals surface area (Å²) >= 11 is 12.3. The lowest BCUT2D eigenvalue weighted by molar-refractivity contribution is -0.280. The van der Waals surface area contributed by atoms with Gasteiger partial charge >= 0.3 is 0 Å². The Kier molecular flexibility index (Phi) is 3.75. The highest BCUT2D eigenvalue weighted by Gasteiger charge is 2.79. The highest BCUT2D eigenvalue weighted by atomic mass is 35.5. The van der Waals surface area contributed by atoms with E-state index in [0.29, 0.717) is 10.6 Å². The van der Waals surface area contributed by atoms with E-state index < -0.39 is 34.5 Å². The van der Waals surface area contributed by atoms with Crippen molar-refractivity contribution < 1.29 is 9.47 Å². The van der Waals surface area contributed by atoms with E-state index in [9.17, 15) is 15.8 Å². The zero-order valence-electron chi connectivity index (χ0n) is 13.3. The first kappa shape index (κ1) is 17.5. The molecule has 1 N–H and O–H groups in total. The molecule has 2 fully saturated rings. The van der Waals surface area contributed by atoms with E-state index in [1.54, 1.807) is 19.1 Å². The minimum Gasteiger partial charge on any atom is -0.443 e. The summed E-state index contributed by atoms with van der Waals surface area (Å²) in [5, 5.41) is 38.3. The topological polar surface area (TPSA) is 114 Å². The van der Waals surface area contributed by atoms with Crippen molar-refractivity contribution >= 4 is 29.1 Å². The van der Waals surface area contributed by atoms with E-state index in [4.69, 9.17) is 38.1 Å². The van der Waals surface area contributed by atoms with Crippen LogP contribution in [-0.4, -0.2) is 12.0 Å². The molecular formula is C17H12Cl2N4O2. The molecule has 2 bridgehead atoms. The van der Waals surface area contributed by atoms with Gasteiger partial charge < -0.3 is 9.47 Å². The lowest BCUT2D eigenvalue weighted by Gasteiger charge is -2.47. The van der Waals surface area contributed by atoms with Gasteiger partial charge in [0.15, 0.2) is 10.8 Å². The second kappa shape index (κ2) is 5.35. The molecule has 2 saturated heterocycles. The fraction of sp³-hybridized carbons (Fsp3) is 0.412. The van der Waals surface area contributed by atoms with Crippen molar-refractivity contribution in [2.75, 3.05) is 0 Å². The lowest BCUT2D eigenvalue weighted by atomic mass is 9.54. The maximum Gasteiger partial charge on any atom is 0.245 e. The number of halogens is 2. The van der Waals surface area contributed by atoms with Gasteiger partial charge in [-0.3, -0.25) is 5.41 Å². The molecule has 8 heteroatoms. The molecule has 1 aromatic carbocycles. The van der Waals surface area contributed by atoms with Gasteiger partial charge in [0, 0.05) is 10.6 Å². The molecule has 4 unspecified atom stereocenters. The lowest BCUT2D eigenvalue weighted by Crippen LogP contribution is -2.60. The maximum absolute atomic E-state index is 9.92.